The Morgan fingerprint density at radius 1 is 1.33 bits per heavy atom. The minimum absolute atomic E-state index is 0.194. The Hall–Kier alpha value is -0.800. The third-order valence-corrected chi connectivity index (χ3v) is 5.24. The molecule has 1 unspecified atom stereocenters. The third-order valence-electron chi connectivity index (χ3n) is 5.24. The SMILES string of the molecule is Cc1cc2c(n1CCOC1CCCC1)CC(C)(C)CC2N. The van der Waals surface area contributed by atoms with Gasteiger partial charge in [0.15, 0.2) is 0 Å². The number of aromatic nitrogens is 1. The predicted octanol–water partition coefficient (Wildman–Crippen LogP) is 3.73. The van der Waals surface area contributed by atoms with Crippen LogP contribution in [0.25, 0.3) is 0 Å². The molecule has 21 heavy (non-hydrogen) atoms. The maximum Gasteiger partial charge on any atom is 0.0649 e. The second-order valence-corrected chi connectivity index (χ2v) is 7.77. The van der Waals surface area contributed by atoms with Crippen LogP contribution in [0.3, 0.4) is 0 Å². The van der Waals surface area contributed by atoms with Gasteiger partial charge in [0, 0.05) is 24.0 Å². The highest BCUT2D eigenvalue weighted by molar-refractivity contribution is 5.34. The van der Waals surface area contributed by atoms with Gasteiger partial charge in [-0.2, -0.15) is 0 Å². The van der Waals surface area contributed by atoms with Crippen molar-refractivity contribution in [3.05, 3.63) is 23.0 Å². The van der Waals surface area contributed by atoms with Crippen LogP contribution in [0.5, 0.6) is 0 Å². The quantitative estimate of drug-likeness (QED) is 0.918. The van der Waals surface area contributed by atoms with Gasteiger partial charge in [-0.15, -0.1) is 0 Å². The van der Waals surface area contributed by atoms with E-state index in [4.69, 9.17) is 10.5 Å². The molecule has 3 rings (SSSR count). The highest BCUT2D eigenvalue weighted by atomic mass is 16.5. The van der Waals surface area contributed by atoms with Crippen LogP contribution in [0.4, 0.5) is 0 Å². The monoisotopic (exact) mass is 290 g/mol. The number of aryl methyl sites for hydroxylation is 1. The van der Waals surface area contributed by atoms with E-state index in [0.717, 1.165) is 26.0 Å². The van der Waals surface area contributed by atoms with Gasteiger partial charge in [0.1, 0.15) is 0 Å². The molecular weight excluding hydrogens is 260 g/mol. The summed E-state index contributed by atoms with van der Waals surface area (Å²) in [5.74, 6) is 0. The first-order chi connectivity index (χ1) is 9.96. The third kappa shape index (κ3) is 3.19. The Balaban J connectivity index is 1.70. The normalized spacial score (nSPS) is 25.2. The van der Waals surface area contributed by atoms with E-state index in [1.807, 2.05) is 0 Å². The number of hydrogen-bond donors (Lipinski definition) is 1. The zero-order valence-corrected chi connectivity index (χ0v) is 13.8. The lowest BCUT2D eigenvalue weighted by atomic mass is 9.74. The van der Waals surface area contributed by atoms with E-state index in [1.165, 1.54) is 42.6 Å². The van der Waals surface area contributed by atoms with Gasteiger partial charge in [-0.3, -0.25) is 0 Å². The summed E-state index contributed by atoms with van der Waals surface area (Å²) in [5.41, 5.74) is 10.8. The van der Waals surface area contributed by atoms with Gasteiger partial charge in [-0.25, -0.2) is 0 Å². The Labute approximate surface area is 128 Å². The summed E-state index contributed by atoms with van der Waals surface area (Å²) >= 11 is 0. The first kappa shape index (κ1) is 15.1. The molecule has 0 aromatic carbocycles. The minimum Gasteiger partial charge on any atom is -0.376 e. The zero-order chi connectivity index (χ0) is 15.0. The smallest absolute Gasteiger partial charge is 0.0649 e. The Kier molecular flexibility index (Phi) is 4.15. The lowest BCUT2D eigenvalue weighted by molar-refractivity contribution is 0.0521. The summed E-state index contributed by atoms with van der Waals surface area (Å²) in [7, 11) is 0. The maximum atomic E-state index is 6.39. The molecule has 0 aliphatic heterocycles. The second kappa shape index (κ2) is 5.77. The van der Waals surface area contributed by atoms with Crippen LogP contribution in [-0.2, 0) is 17.7 Å². The van der Waals surface area contributed by atoms with E-state index < -0.39 is 0 Å². The number of fused-ring (bicyclic) bond motifs is 1. The number of nitrogens with zero attached hydrogens (tertiary/aromatic N) is 1. The lowest BCUT2D eigenvalue weighted by Crippen LogP contribution is -2.31. The van der Waals surface area contributed by atoms with E-state index >= 15 is 0 Å². The van der Waals surface area contributed by atoms with E-state index in [2.05, 4.69) is 31.4 Å². The van der Waals surface area contributed by atoms with Crippen molar-refractivity contribution in [2.75, 3.05) is 6.61 Å². The zero-order valence-electron chi connectivity index (χ0n) is 13.8. The number of nitrogens with two attached hydrogens (primary N) is 1. The van der Waals surface area contributed by atoms with Gasteiger partial charge in [-0.1, -0.05) is 26.7 Å². The Morgan fingerprint density at radius 3 is 2.76 bits per heavy atom. The fourth-order valence-corrected chi connectivity index (χ4v) is 4.18. The van der Waals surface area contributed by atoms with E-state index in [0.29, 0.717) is 11.5 Å². The highest BCUT2D eigenvalue weighted by Gasteiger charge is 2.33. The van der Waals surface area contributed by atoms with Crippen molar-refractivity contribution in [2.45, 2.75) is 78.0 Å². The van der Waals surface area contributed by atoms with Crippen molar-refractivity contribution >= 4 is 0 Å². The lowest BCUT2D eigenvalue weighted by Gasteiger charge is -2.34. The number of ether oxygens (including phenoxy) is 1. The van der Waals surface area contributed by atoms with Crippen molar-refractivity contribution in [3.8, 4) is 0 Å². The molecule has 0 radical (unpaired) electrons. The van der Waals surface area contributed by atoms with Crippen LogP contribution in [0.1, 0.15) is 68.9 Å². The first-order valence-corrected chi connectivity index (χ1v) is 8.52. The van der Waals surface area contributed by atoms with Crippen LogP contribution < -0.4 is 5.73 Å². The van der Waals surface area contributed by atoms with Crippen LogP contribution >= 0.6 is 0 Å². The summed E-state index contributed by atoms with van der Waals surface area (Å²) in [6, 6.07) is 2.49. The van der Waals surface area contributed by atoms with Gasteiger partial charge in [0.25, 0.3) is 0 Å². The second-order valence-electron chi connectivity index (χ2n) is 7.77. The van der Waals surface area contributed by atoms with Crippen molar-refractivity contribution in [1.82, 2.24) is 4.57 Å². The van der Waals surface area contributed by atoms with Crippen molar-refractivity contribution in [3.63, 3.8) is 0 Å². The molecule has 118 valence electrons. The summed E-state index contributed by atoms with van der Waals surface area (Å²) in [5, 5.41) is 0. The molecule has 2 aliphatic rings. The van der Waals surface area contributed by atoms with Gasteiger partial charge < -0.3 is 15.0 Å². The number of rotatable bonds is 4. The molecule has 0 saturated heterocycles. The van der Waals surface area contributed by atoms with Crippen LogP contribution in [0.2, 0.25) is 0 Å². The van der Waals surface area contributed by atoms with E-state index in [9.17, 15) is 0 Å². The van der Waals surface area contributed by atoms with Crippen LogP contribution in [0.15, 0.2) is 6.07 Å². The molecule has 0 bridgehead atoms. The molecule has 3 nitrogen and oxygen atoms in total. The van der Waals surface area contributed by atoms with Gasteiger partial charge in [-0.05, 0) is 49.7 Å². The minimum atomic E-state index is 0.194. The van der Waals surface area contributed by atoms with Crippen LogP contribution in [0, 0.1) is 12.3 Å². The largest absolute Gasteiger partial charge is 0.376 e. The highest BCUT2D eigenvalue weighted by Crippen LogP contribution is 2.40. The van der Waals surface area contributed by atoms with Gasteiger partial charge in [0.05, 0.1) is 12.7 Å². The molecule has 0 amide bonds. The molecule has 2 aliphatic carbocycles. The molecule has 3 heteroatoms. The summed E-state index contributed by atoms with van der Waals surface area (Å²) in [4.78, 5) is 0. The van der Waals surface area contributed by atoms with Crippen molar-refractivity contribution in [1.29, 1.82) is 0 Å². The molecule has 1 saturated carbocycles. The molecule has 2 N–H and O–H groups in total. The topological polar surface area (TPSA) is 40.2 Å². The average Bonchev–Trinajstić information content (AvgIpc) is 2.99. The molecule has 1 fully saturated rings. The molecule has 1 heterocycles. The van der Waals surface area contributed by atoms with E-state index in [1.54, 1.807) is 0 Å². The van der Waals surface area contributed by atoms with Crippen molar-refractivity contribution in [2.24, 2.45) is 11.1 Å². The Bertz CT molecular complexity index is 498. The van der Waals surface area contributed by atoms with Crippen LogP contribution in [-0.4, -0.2) is 17.3 Å². The first-order valence-electron chi connectivity index (χ1n) is 8.52. The fraction of sp³-hybridized carbons (Fsp3) is 0.778. The van der Waals surface area contributed by atoms with Gasteiger partial charge in [0.2, 0.25) is 0 Å². The molecule has 0 spiro atoms. The molecule has 1 aromatic heterocycles. The Morgan fingerprint density at radius 2 is 2.05 bits per heavy atom. The fourth-order valence-electron chi connectivity index (χ4n) is 4.18. The number of hydrogen-bond acceptors (Lipinski definition) is 2. The molecule has 1 atom stereocenters. The molecular formula is C18H30N2O. The standard InChI is InChI=1S/C18H30N2O/c1-13-10-15-16(19)11-18(2,3)12-17(15)20(13)8-9-21-14-6-4-5-7-14/h10,14,16H,4-9,11-12,19H2,1-3H3. The van der Waals surface area contributed by atoms with Gasteiger partial charge >= 0.3 is 0 Å². The maximum absolute atomic E-state index is 6.39. The molecule has 1 aromatic rings. The summed E-state index contributed by atoms with van der Waals surface area (Å²) < 4.78 is 8.50. The summed E-state index contributed by atoms with van der Waals surface area (Å²) in [6.07, 6.45) is 7.91. The predicted molar refractivity (Wildman–Crippen MR) is 86.4 cm³/mol. The van der Waals surface area contributed by atoms with E-state index in [-0.39, 0.29) is 6.04 Å². The van der Waals surface area contributed by atoms with Crippen molar-refractivity contribution < 1.29 is 4.74 Å². The average molecular weight is 290 g/mol. The summed E-state index contributed by atoms with van der Waals surface area (Å²) in [6.45, 7) is 8.67.